The molecule has 1 N–H and O–H groups in total. The van der Waals surface area contributed by atoms with E-state index in [1.54, 1.807) is 0 Å². The average Bonchev–Trinajstić information content (AvgIpc) is 3.21. The molecule has 1 amide bonds. The number of carbonyl (C=O) groups is 1. The van der Waals surface area contributed by atoms with Crippen molar-refractivity contribution < 1.29 is 14.1 Å². The van der Waals surface area contributed by atoms with Gasteiger partial charge in [-0.2, -0.15) is 5.10 Å². The van der Waals surface area contributed by atoms with Gasteiger partial charge < -0.3 is 9.73 Å². The lowest BCUT2D eigenvalue weighted by Crippen LogP contribution is -2.10. The van der Waals surface area contributed by atoms with Gasteiger partial charge in [-0.3, -0.25) is 19.6 Å². The van der Waals surface area contributed by atoms with E-state index in [2.05, 4.69) is 16.5 Å². The molecule has 2 aromatic heterocycles. The minimum absolute atomic E-state index is 0.227. The van der Waals surface area contributed by atoms with Crippen molar-refractivity contribution in [3.05, 3.63) is 80.9 Å². The van der Waals surface area contributed by atoms with Gasteiger partial charge in [0.15, 0.2) is 0 Å². The van der Waals surface area contributed by atoms with E-state index in [9.17, 15) is 14.9 Å². The lowest BCUT2D eigenvalue weighted by molar-refractivity contribution is -0.402. The molecular weight excluding hydrogens is 360 g/mol. The van der Waals surface area contributed by atoms with Gasteiger partial charge in [-0.1, -0.05) is 29.8 Å². The number of nitrogens with zero attached hydrogens (tertiary/aromatic N) is 3. The molecule has 0 radical (unpaired) electrons. The number of furan rings is 1. The molecule has 0 fully saturated rings. The molecule has 0 spiro atoms. The zero-order valence-electron chi connectivity index (χ0n) is 15.8. The van der Waals surface area contributed by atoms with E-state index in [4.69, 9.17) is 4.42 Å². The summed E-state index contributed by atoms with van der Waals surface area (Å²) in [5.74, 6) is -0.519. The fourth-order valence-electron chi connectivity index (χ4n) is 2.87. The van der Waals surface area contributed by atoms with Gasteiger partial charge in [0, 0.05) is 6.08 Å². The number of anilines is 1. The van der Waals surface area contributed by atoms with Crippen LogP contribution in [0.25, 0.3) is 6.08 Å². The molecule has 0 aliphatic rings. The van der Waals surface area contributed by atoms with Crippen molar-refractivity contribution >= 4 is 23.6 Å². The standard InChI is InChI=1S/C20H20N4O4/c1-13-5-4-6-16(11-13)12-23-15(3)20(14(2)22-23)21-18(25)9-7-17-8-10-19(28-17)24(26)27/h4-11H,12H2,1-3H3,(H,21,25)/b9-7+. The van der Waals surface area contributed by atoms with Crippen LogP contribution >= 0.6 is 0 Å². The highest BCUT2D eigenvalue weighted by atomic mass is 16.6. The number of hydrogen-bond acceptors (Lipinski definition) is 5. The molecule has 8 nitrogen and oxygen atoms in total. The SMILES string of the molecule is Cc1cccc(Cn2nc(C)c(NC(=O)/C=C/c3ccc([N+](=O)[O-])o3)c2C)c1. The van der Waals surface area contributed by atoms with Gasteiger partial charge in [-0.25, -0.2) is 0 Å². The Hall–Kier alpha value is -3.68. The number of benzene rings is 1. The number of hydrogen-bond donors (Lipinski definition) is 1. The summed E-state index contributed by atoms with van der Waals surface area (Å²) in [6.45, 7) is 6.37. The topological polar surface area (TPSA) is 103 Å². The van der Waals surface area contributed by atoms with Gasteiger partial charge in [0.05, 0.1) is 29.7 Å². The van der Waals surface area contributed by atoms with E-state index in [0.717, 1.165) is 11.3 Å². The smallest absolute Gasteiger partial charge is 0.401 e. The number of nitrogens with one attached hydrogen (secondary N) is 1. The first kappa shape index (κ1) is 19.1. The third-order valence-electron chi connectivity index (χ3n) is 4.24. The number of rotatable bonds is 6. The van der Waals surface area contributed by atoms with Crippen molar-refractivity contribution in [1.29, 1.82) is 0 Å². The highest BCUT2D eigenvalue weighted by molar-refractivity contribution is 6.02. The Balaban J connectivity index is 1.71. The molecule has 0 unspecified atom stereocenters. The van der Waals surface area contributed by atoms with E-state index < -0.39 is 4.92 Å². The van der Waals surface area contributed by atoms with Crippen LogP contribution in [0.15, 0.2) is 46.9 Å². The molecule has 144 valence electrons. The number of carbonyl (C=O) groups excluding carboxylic acids is 1. The monoisotopic (exact) mass is 380 g/mol. The van der Waals surface area contributed by atoms with Crippen molar-refractivity contribution in [3.63, 3.8) is 0 Å². The van der Waals surface area contributed by atoms with Crippen molar-refractivity contribution in [2.24, 2.45) is 0 Å². The highest BCUT2D eigenvalue weighted by Gasteiger charge is 2.14. The summed E-state index contributed by atoms with van der Waals surface area (Å²) >= 11 is 0. The second kappa shape index (κ2) is 7.91. The third kappa shape index (κ3) is 4.35. The van der Waals surface area contributed by atoms with Crippen LogP contribution < -0.4 is 5.32 Å². The molecule has 0 aliphatic heterocycles. The fourth-order valence-corrected chi connectivity index (χ4v) is 2.87. The highest BCUT2D eigenvalue weighted by Crippen LogP contribution is 2.21. The fraction of sp³-hybridized carbons (Fsp3) is 0.200. The number of aryl methyl sites for hydroxylation is 2. The molecule has 1 aromatic carbocycles. The summed E-state index contributed by atoms with van der Waals surface area (Å²) in [6.07, 6.45) is 2.64. The maximum atomic E-state index is 12.2. The first-order chi connectivity index (χ1) is 13.3. The Labute approximate surface area is 161 Å². The minimum atomic E-state index is -0.632. The summed E-state index contributed by atoms with van der Waals surface area (Å²) in [5, 5.41) is 17.9. The zero-order valence-corrected chi connectivity index (χ0v) is 15.8. The molecule has 8 heteroatoms. The molecule has 28 heavy (non-hydrogen) atoms. The van der Waals surface area contributed by atoms with Crippen LogP contribution in [0.4, 0.5) is 11.6 Å². The summed E-state index contributed by atoms with van der Waals surface area (Å²) in [5.41, 5.74) is 4.50. The largest absolute Gasteiger partial charge is 0.433 e. The van der Waals surface area contributed by atoms with Crippen LogP contribution in [0.3, 0.4) is 0 Å². The number of nitro groups is 1. The van der Waals surface area contributed by atoms with E-state index in [1.165, 1.54) is 29.8 Å². The predicted octanol–water partition coefficient (Wildman–Crippen LogP) is 4.01. The van der Waals surface area contributed by atoms with Gasteiger partial charge in [-0.05, 0) is 38.5 Å². The second-order valence-corrected chi connectivity index (χ2v) is 6.45. The van der Waals surface area contributed by atoms with Gasteiger partial charge >= 0.3 is 5.88 Å². The van der Waals surface area contributed by atoms with Crippen molar-refractivity contribution in [1.82, 2.24) is 9.78 Å². The Bertz CT molecular complexity index is 1060. The van der Waals surface area contributed by atoms with Crippen LogP contribution in [0.1, 0.15) is 28.3 Å². The predicted molar refractivity (Wildman–Crippen MR) is 105 cm³/mol. The van der Waals surface area contributed by atoms with E-state index >= 15 is 0 Å². The van der Waals surface area contributed by atoms with Crippen molar-refractivity contribution in [3.8, 4) is 0 Å². The van der Waals surface area contributed by atoms with E-state index in [0.29, 0.717) is 17.9 Å². The molecular formula is C20H20N4O4. The van der Waals surface area contributed by atoms with Gasteiger partial charge in [0.25, 0.3) is 0 Å². The van der Waals surface area contributed by atoms with Gasteiger partial charge in [0.1, 0.15) is 10.7 Å². The maximum absolute atomic E-state index is 12.2. The number of aromatic nitrogens is 2. The van der Waals surface area contributed by atoms with Crippen LogP contribution in [0.5, 0.6) is 0 Å². The van der Waals surface area contributed by atoms with Crippen molar-refractivity contribution in [2.45, 2.75) is 27.3 Å². The molecule has 3 aromatic rings. The lowest BCUT2D eigenvalue weighted by Gasteiger charge is -2.07. The Morgan fingerprint density at radius 3 is 2.75 bits per heavy atom. The van der Waals surface area contributed by atoms with Gasteiger partial charge in [0.2, 0.25) is 5.91 Å². The quantitative estimate of drug-likeness (QED) is 0.395. The van der Waals surface area contributed by atoms with Crippen LogP contribution in [0.2, 0.25) is 0 Å². The van der Waals surface area contributed by atoms with E-state index in [-0.39, 0.29) is 17.6 Å². The third-order valence-corrected chi connectivity index (χ3v) is 4.24. The molecule has 3 rings (SSSR count). The molecule has 0 saturated carbocycles. The molecule has 0 saturated heterocycles. The Morgan fingerprint density at radius 2 is 2.07 bits per heavy atom. The first-order valence-electron chi connectivity index (χ1n) is 8.66. The Morgan fingerprint density at radius 1 is 1.29 bits per heavy atom. The average molecular weight is 380 g/mol. The summed E-state index contributed by atoms with van der Waals surface area (Å²) < 4.78 is 6.84. The second-order valence-electron chi connectivity index (χ2n) is 6.45. The van der Waals surface area contributed by atoms with Crippen LogP contribution in [-0.4, -0.2) is 20.6 Å². The van der Waals surface area contributed by atoms with Crippen LogP contribution in [0, 0.1) is 30.9 Å². The first-order valence-corrected chi connectivity index (χ1v) is 8.66. The van der Waals surface area contributed by atoms with Gasteiger partial charge in [-0.15, -0.1) is 0 Å². The number of amides is 1. The maximum Gasteiger partial charge on any atom is 0.433 e. The molecule has 0 bridgehead atoms. The van der Waals surface area contributed by atoms with Crippen LogP contribution in [-0.2, 0) is 11.3 Å². The van der Waals surface area contributed by atoms with E-state index in [1.807, 2.05) is 43.7 Å². The normalized spacial score (nSPS) is 11.1. The molecule has 0 atom stereocenters. The minimum Gasteiger partial charge on any atom is -0.401 e. The lowest BCUT2D eigenvalue weighted by atomic mass is 10.1. The van der Waals surface area contributed by atoms with Crippen molar-refractivity contribution in [2.75, 3.05) is 5.32 Å². The summed E-state index contributed by atoms with van der Waals surface area (Å²) in [6, 6.07) is 10.8. The molecule has 0 aliphatic carbocycles. The Kier molecular flexibility index (Phi) is 5.39. The summed E-state index contributed by atoms with van der Waals surface area (Å²) in [7, 11) is 0. The molecule has 2 heterocycles. The summed E-state index contributed by atoms with van der Waals surface area (Å²) in [4.78, 5) is 22.2. The zero-order chi connectivity index (χ0) is 20.3.